The molecule has 1 aliphatic rings. The minimum Gasteiger partial charge on any atom is -0.392 e. The molecule has 1 N–H and O–H groups in total. The van der Waals surface area contributed by atoms with Crippen LogP contribution in [0.25, 0.3) is 0 Å². The summed E-state index contributed by atoms with van der Waals surface area (Å²) in [5, 5.41) is 10.4. The Morgan fingerprint density at radius 1 is 1.26 bits per heavy atom. The van der Waals surface area contributed by atoms with E-state index in [9.17, 15) is 5.11 Å². The van der Waals surface area contributed by atoms with Gasteiger partial charge >= 0.3 is 0 Å². The molecule has 108 valence electrons. The lowest BCUT2D eigenvalue weighted by Gasteiger charge is -2.33. The van der Waals surface area contributed by atoms with Gasteiger partial charge in [0.05, 0.1) is 6.10 Å². The van der Waals surface area contributed by atoms with Crippen molar-refractivity contribution < 1.29 is 5.11 Å². The van der Waals surface area contributed by atoms with Gasteiger partial charge in [0.15, 0.2) is 0 Å². The smallest absolute Gasteiger partial charge is 0.111 e. The average molecular weight is 264 g/mol. The molecule has 0 aliphatic heterocycles. The van der Waals surface area contributed by atoms with Crippen LogP contribution in [0.4, 0.5) is 0 Å². The lowest BCUT2D eigenvalue weighted by atomic mass is 9.75. The van der Waals surface area contributed by atoms with Crippen LogP contribution in [0.5, 0.6) is 0 Å². The Kier molecular flexibility index (Phi) is 5.03. The second kappa shape index (κ2) is 6.56. The molecule has 2 rings (SSSR count). The molecular weight excluding hydrogens is 236 g/mol. The zero-order valence-corrected chi connectivity index (χ0v) is 12.5. The highest BCUT2D eigenvalue weighted by Gasteiger charge is 2.28. The summed E-state index contributed by atoms with van der Waals surface area (Å²) in [4.78, 5) is 4.37. The fraction of sp³-hybridized carbons (Fsp3) is 0.812. The summed E-state index contributed by atoms with van der Waals surface area (Å²) < 4.78 is 2.13. The zero-order chi connectivity index (χ0) is 13.8. The number of hydrogen-bond donors (Lipinski definition) is 1. The molecule has 3 heteroatoms. The lowest BCUT2D eigenvalue weighted by Crippen LogP contribution is -2.29. The van der Waals surface area contributed by atoms with Gasteiger partial charge in [-0.2, -0.15) is 0 Å². The molecule has 1 saturated carbocycles. The van der Waals surface area contributed by atoms with Crippen molar-refractivity contribution in [1.82, 2.24) is 9.55 Å². The molecule has 1 fully saturated rings. The molecular formula is C16H28N2O. The first-order chi connectivity index (χ1) is 9.11. The maximum absolute atomic E-state index is 10.4. The first-order valence-electron chi connectivity index (χ1n) is 7.79. The Morgan fingerprint density at radius 3 is 2.47 bits per heavy atom. The molecule has 1 aromatic heterocycles. The van der Waals surface area contributed by atoms with Gasteiger partial charge < -0.3 is 9.67 Å². The lowest BCUT2D eigenvalue weighted by molar-refractivity contribution is 0.0654. The SMILES string of the molecule is CCn1ccnc1CC(O)C1CCC(C(C)C)CC1. The van der Waals surface area contributed by atoms with Crippen molar-refractivity contribution in [1.29, 1.82) is 0 Å². The monoisotopic (exact) mass is 264 g/mol. The summed E-state index contributed by atoms with van der Waals surface area (Å²) in [6, 6.07) is 0. The van der Waals surface area contributed by atoms with E-state index < -0.39 is 0 Å². The van der Waals surface area contributed by atoms with Crippen LogP contribution in [0.2, 0.25) is 0 Å². The van der Waals surface area contributed by atoms with Gasteiger partial charge in [0.25, 0.3) is 0 Å². The fourth-order valence-electron chi connectivity index (χ4n) is 3.37. The first-order valence-corrected chi connectivity index (χ1v) is 7.79. The number of hydrogen-bond acceptors (Lipinski definition) is 2. The van der Waals surface area contributed by atoms with Gasteiger partial charge in [-0.05, 0) is 50.4 Å². The average Bonchev–Trinajstić information content (AvgIpc) is 2.86. The predicted octanol–water partition coefficient (Wildman–Crippen LogP) is 3.27. The van der Waals surface area contributed by atoms with Crippen molar-refractivity contribution in [2.24, 2.45) is 17.8 Å². The molecule has 1 heterocycles. The van der Waals surface area contributed by atoms with E-state index >= 15 is 0 Å². The van der Waals surface area contributed by atoms with Crippen LogP contribution in [0.3, 0.4) is 0 Å². The molecule has 0 radical (unpaired) electrons. The molecule has 1 atom stereocenters. The van der Waals surface area contributed by atoms with E-state index in [1.807, 2.05) is 12.4 Å². The molecule has 19 heavy (non-hydrogen) atoms. The Morgan fingerprint density at radius 2 is 1.89 bits per heavy atom. The normalized spacial score (nSPS) is 25.7. The Hall–Kier alpha value is -0.830. The molecule has 1 unspecified atom stereocenters. The van der Waals surface area contributed by atoms with Crippen LogP contribution in [0.15, 0.2) is 12.4 Å². The van der Waals surface area contributed by atoms with Crippen molar-refractivity contribution in [2.45, 2.75) is 65.5 Å². The van der Waals surface area contributed by atoms with Gasteiger partial charge in [-0.1, -0.05) is 13.8 Å². The topological polar surface area (TPSA) is 38.0 Å². The highest BCUT2D eigenvalue weighted by atomic mass is 16.3. The van der Waals surface area contributed by atoms with E-state index in [0.717, 1.165) is 24.2 Å². The van der Waals surface area contributed by atoms with Crippen LogP contribution < -0.4 is 0 Å². The minimum atomic E-state index is -0.221. The molecule has 0 spiro atoms. The van der Waals surface area contributed by atoms with E-state index in [2.05, 4.69) is 30.3 Å². The fourth-order valence-corrected chi connectivity index (χ4v) is 3.37. The summed E-state index contributed by atoms with van der Waals surface area (Å²) >= 11 is 0. The van der Waals surface area contributed by atoms with Crippen LogP contribution in [0.1, 0.15) is 52.3 Å². The number of aliphatic hydroxyl groups excluding tert-OH is 1. The summed E-state index contributed by atoms with van der Waals surface area (Å²) in [5.74, 6) is 3.15. The van der Waals surface area contributed by atoms with Crippen molar-refractivity contribution in [3.8, 4) is 0 Å². The van der Waals surface area contributed by atoms with E-state index in [-0.39, 0.29) is 6.10 Å². The second-order valence-electron chi connectivity index (χ2n) is 6.32. The molecule has 0 saturated heterocycles. The number of aromatic nitrogens is 2. The maximum atomic E-state index is 10.4. The van der Waals surface area contributed by atoms with Gasteiger partial charge in [0.1, 0.15) is 5.82 Å². The third kappa shape index (κ3) is 3.59. The molecule has 1 aliphatic carbocycles. The van der Waals surface area contributed by atoms with Gasteiger partial charge in [-0.3, -0.25) is 0 Å². The Labute approximate surface area is 117 Å². The third-order valence-corrected chi connectivity index (χ3v) is 4.84. The standard InChI is InChI=1S/C16H28N2O/c1-4-18-10-9-17-16(18)11-15(19)14-7-5-13(6-8-14)12(2)3/h9-10,12-15,19H,4-8,11H2,1-3H3. The van der Waals surface area contributed by atoms with Crippen molar-refractivity contribution in [3.05, 3.63) is 18.2 Å². The number of nitrogens with zero attached hydrogens (tertiary/aromatic N) is 2. The number of rotatable bonds is 5. The Balaban J connectivity index is 1.86. The largest absolute Gasteiger partial charge is 0.392 e. The van der Waals surface area contributed by atoms with Crippen LogP contribution in [-0.2, 0) is 13.0 Å². The van der Waals surface area contributed by atoms with Gasteiger partial charge in [0, 0.05) is 25.4 Å². The van der Waals surface area contributed by atoms with Crippen molar-refractivity contribution >= 4 is 0 Å². The molecule has 3 nitrogen and oxygen atoms in total. The minimum absolute atomic E-state index is 0.221. The van der Waals surface area contributed by atoms with Crippen LogP contribution in [-0.4, -0.2) is 20.8 Å². The maximum Gasteiger partial charge on any atom is 0.111 e. The first kappa shape index (κ1) is 14.6. The molecule has 0 aromatic carbocycles. The van der Waals surface area contributed by atoms with Crippen LogP contribution in [0, 0.1) is 17.8 Å². The van der Waals surface area contributed by atoms with Gasteiger partial charge in [-0.15, -0.1) is 0 Å². The Bertz CT molecular complexity index is 378. The quantitative estimate of drug-likeness (QED) is 0.886. The molecule has 0 amide bonds. The van der Waals surface area contributed by atoms with Crippen molar-refractivity contribution in [3.63, 3.8) is 0 Å². The molecule has 0 bridgehead atoms. The summed E-state index contributed by atoms with van der Waals surface area (Å²) in [7, 11) is 0. The van der Waals surface area contributed by atoms with Gasteiger partial charge in [0.2, 0.25) is 0 Å². The summed E-state index contributed by atoms with van der Waals surface area (Å²) in [5.41, 5.74) is 0. The van der Waals surface area contributed by atoms with E-state index in [0.29, 0.717) is 12.3 Å². The summed E-state index contributed by atoms with van der Waals surface area (Å²) in [6.07, 6.45) is 9.23. The number of aliphatic hydroxyl groups is 1. The van der Waals surface area contributed by atoms with Crippen LogP contribution >= 0.6 is 0 Å². The number of aryl methyl sites for hydroxylation is 1. The highest BCUT2D eigenvalue weighted by Crippen LogP contribution is 2.35. The second-order valence-corrected chi connectivity index (χ2v) is 6.32. The van der Waals surface area contributed by atoms with E-state index in [4.69, 9.17) is 0 Å². The predicted molar refractivity (Wildman–Crippen MR) is 77.9 cm³/mol. The third-order valence-electron chi connectivity index (χ3n) is 4.84. The van der Waals surface area contributed by atoms with Gasteiger partial charge in [-0.25, -0.2) is 4.98 Å². The molecule has 1 aromatic rings. The van der Waals surface area contributed by atoms with E-state index in [1.165, 1.54) is 25.7 Å². The summed E-state index contributed by atoms with van der Waals surface area (Å²) in [6.45, 7) is 7.69. The highest BCUT2D eigenvalue weighted by molar-refractivity contribution is 4.95. The number of imidazole rings is 1. The van der Waals surface area contributed by atoms with E-state index in [1.54, 1.807) is 0 Å². The zero-order valence-electron chi connectivity index (χ0n) is 12.5. The van der Waals surface area contributed by atoms with Crippen molar-refractivity contribution in [2.75, 3.05) is 0 Å².